The summed E-state index contributed by atoms with van der Waals surface area (Å²) in [4.78, 5) is 44.5. The highest BCUT2D eigenvalue weighted by molar-refractivity contribution is 9.10. The molecule has 4 N–H and O–H groups in total. The number of ether oxygens (including phenoxy) is 1. The van der Waals surface area contributed by atoms with Crippen molar-refractivity contribution in [1.29, 1.82) is 0 Å². The number of aromatic amines is 1. The summed E-state index contributed by atoms with van der Waals surface area (Å²) in [5.41, 5.74) is 4.17. The second-order valence-electron chi connectivity index (χ2n) is 13.9. The number of benzene rings is 3. The number of aliphatic hydroxyl groups excluding tert-OH is 1. The average Bonchev–Trinajstić information content (AvgIpc) is 3.82. The van der Waals surface area contributed by atoms with Gasteiger partial charge in [0.25, 0.3) is 5.91 Å². The molecule has 1 saturated heterocycles. The summed E-state index contributed by atoms with van der Waals surface area (Å²) in [6, 6.07) is 21.3. The molecule has 260 valence electrons. The number of hydrogen-bond donors (Lipinski definition) is 4. The largest absolute Gasteiger partial charge is 0.432 e. The van der Waals surface area contributed by atoms with E-state index in [0.717, 1.165) is 37.8 Å². The second kappa shape index (κ2) is 13.5. The molecule has 4 atom stereocenters. The Labute approximate surface area is 299 Å². The van der Waals surface area contributed by atoms with Crippen LogP contribution >= 0.6 is 15.9 Å². The topological polar surface area (TPSA) is 146 Å². The lowest BCUT2D eigenvalue weighted by atomic mass is 9.82. The quantitative estimate of drug-likeness (QED) is 0.127. The van der Waals surface area contributed by atoms with Gasteiger partial charge in [-0.3, -0.25) is 14.3 Å². The van der Waals surface area contributed by atoms with Crippen LogP contribution in [0.15, 0.2) is 83.6 Å². The zero-order chi connectivity index (χ0) is 35.2. The summed E-state index contributed by atoms with van der Waals surface area (Å²) in [5.74, 6) is -0.598. The normalized spacial score (nSPS) is 21.8. The lowest BCUT2D eigenvalue weighted by Crippen LogP contribution is -2.46. The standard InChI is InChI=1S/C37H41BrN6O5Si/c1-23-35(50(2,3)48)33(13-15-43-22-28(14-16-45)41-42-43)49-37(23)30-19-26(38)11-12-32(30)44(36(37)47)21-24-7-6-8-27(17-24)40-34(46)18-25-20-39-31-10-5-4-9-29(25)31/h4-12,17,19-20,22-23,33,35,39,45,48H,13-16,18,21H2,1-3H3,(H,40,46)/t23-,33+,35-,37+/m0/s1. The molecule has 1 fully saturated rings. The smallest absolute Gasteiger partial charge is 0.264 e. The molecule has 13 heteroatoms. The Kier molecular flexibility index (Phi) is 9.28. The lowest BCUT2D eigenvalue weighted by molar-refractivity contribution is -0.146. The zero-order valence-electron chi connectivity index (χ0n) is 28.3. The number of nitrogens with zero attached hydrogens (tertiary/aromatic N) is 4. The van der Waals surface area contributed by atoms with E-state index in [9.17, 15) is 19.5 Å². The molecule has 4 heterocycles. The summed E-state index contributed by atoms with van der Waals surface area (Å²) < 4.78 is 9.52. The Morgan fingerprint density at radius 1 is 1.14 bits per heavy atom. The number of carbonyl (C=O) groups excluding carboxylic acids is 2. The SMILES string of the molecule is C[C@H]1[C@H]([Si](C)(C)O)[C@@H](CCn2cc(CCO)nn2)O[C@]12C(=O)N(Cc1cccc(NC(=O)Cc3c[nH]c4ccccc34)c1)c1ccc(Br)cc12. The first kappa shape index (κ1) is 34.3. The van der Waals surface area contributed by atoms with Crippen LogP contribution in [0, 0.1) is 5.92 Å². The van der Waals surface area contributed by atoms with Crippen LogP contribution in [-0.4, -0.2) is 62.7 Å². The minimum Gasteiger partial charge on any atom is -0.432 e. The number of aromatic nitrogens is 4. The monoisotopic (exact) mass is 756 g/mol. The van der Waals surface area contributed by atoms with E-state index in [0.29, 0.717) is 30.8 Å². The third kappa shape index (κ3) is 6.32. The fourth-order valence-electron chi connectivity index (χ4n) is 8.00. The minimum atomic E-state index is -2.84. The van der Waals surface area contributed by atoms with Crippen molar-refractivity contribution in [3.05, 3.63) is 106 Å². The Morgan fingerprint density at radius 3 is 2.76 bits per heavy atom. The minimum absolute atomic E-state index is 0.00481. The van der Waals surface area contributed by atoms with E-state index >= 15 is 0 Å². The Hall–Kier alpha value is -4.14. The molecule has 7 rings (SSSR count). The molecule has 2 amide bonds. The fourth-order valence-corrected chi connectivity index (χ4v) is 11.0. The van der Waals surface area contributed by atoms with Gasteiger partial charge in [0.2, 0.25) is 5.91 Å². The molecular formula is C37H41BrN6O5Si. The number of anilines is 2. The fraction of sp³-hybridized carbons (Fsp3) is 0.351. The van der Waals surface area contributed by atoms with Crippen molar-refractivity contribution in [3.63, 3.8) is 0 Å². The van der Waals surface area contributed by atoms with Gasteiger partial charge in [0.15, 0.2) is 13.9 Å². The van der Waals surface area contributed by atoms with Crippen molar-refractivity contribution < 1.29 is 24.2 Å². The molecule has 50 heavy (non-hydrogen) atoms. The van der Waals surface area contributed by atoms with E-state index in [4.69, 9.17) is 4.74 Å². The summed E-state index contributed by atoms with van der Waals surface area (Å²) in [6.45, 7) is 6.62. The molecule has 2 aliphatic heterocycles. The Bertz CT molecular complexity index is 2060. The van der Waals surface area contributed by atoms with Gasteiger partial charge in [0, 0.05) is 70.1 Å². The number of para-hydroxylation sites is 1. The number of rotatable bonds is 11. The van der Waals surface area contributed by atoms with Crippen LogP contribution < -0.4 is 10.2 Å². The third-order valence-corrected chi connectivity index (χ3v) is 13.1. The lowest BCUT2D eigenvalue weighted by Gasteiger charge is -2.32. The van der Waals surface area contributed by atoms with Gasteiger partial charge in [-0.1, -0.05) is 58.4 Å². The maximum Gasteiger partial charge on any atom is 0.264 e. The number of hydrogen-bond acceptors (Lipinski definition) is 7. The number of aryl methyl sites for hydroxylation is 1. The number of fused-ring (bicyclic) bond motifs is 3. The molecule has 11 nitrogen and oxygen atoms in total. The second-order valence-corrected chi connectivity index (χ2v) is 18.8. The highest BCUT2D eigenvalue weighted by Gasteiger charge is 2.66. The maximum atomic E-state index is 14.8. The molecule has 3 aromatic carbocycles. The third-order valence-electron chi connectivity index (χ3n) is 10.1. The van der Waals surface area contributed by atoms with Crippen molar-refractivity contribution in [1.82, 2.24) is 20.0 Å². The predicted octanol–water partition coefficient (Wildman–Crippen LogP) is 5.67. The van der Waals surface area contributed by atoms with Crippen LogP contribution in [0.5, 0.6) is 0 Å². The number of halogens is 1. The van der Waals surface area contributed by atoms with Crippen LogP contribution in [0.1, 0.15) is 35.7 Å². The van der Waals surface area contributed by atoms with E-state index in [-0.39, 0.29) is 42.8 Å². The van der Waals surface area contributed by atoms with Crippen molar-refractivity contribution in [2.75, 3.05) is 16.8 Å². The number of H-pyrrole nitrogens is 1. The van der Waals surface area contributed by atoms with E-state index in [1.54, 1.807) is 9.58 Å². The molecule has 2 aromatic heterocycles. The molecule has 0 aliphatic carbocycles. The Morgan fingerprint density at radius 2 is 1.96 bits per heavy atom. The van der Waals surface area contributed by atoms with Crippen molar-refractivity contribution in [2.45, 2.75) is 69.6 Å². The summed E-state index contributed by atoms with van der Waals surface area (Å²) >= 11 is 3.63. The van der Waals surface area contributed by atoms with Crippen molar-refractivity contribution in [2.24, 2.45) is 5.92 Å². The molecule has 0 bridgehead atoms. The highest BCUT2D eigenvalue weighted by Crippen LogP contribution is 2.60. The van der Waals surface area contributed by atoms with Gasteiger partial charge in [0.05, 0.1) is 30.5 Å². The van der Waals surface area contributed by atoms with Gasteiger partial charge >= 0.3 is 0 Å². The molecule has 2 aliphatic rings. The van der Waals surface area contributed by atoms with Gasteiger partial charge < -0.3 is 29.8 Å². The van der Waals surface area contributed by atoms with E-state index in [1.165, 1.54) is 0 Å². The van der Waals surface area contributed by atoms with Crippen LogP contribution in [-0.2, 0) is 45.9 Å². The predicted molar refractivity (Wildman–Crippen MR) is 197 cm³/mol. The number of nitrogens with one attached hydrogen (secondary N) is 2. The summed E-state index contributed by atoms with van der Waals surface area (Å²) in [6.07, 6.45) is 4.48. The number of aliphatic hydroxyl groups is 1. The van der Waals surface area contributed by atoms with Crippen LogP contribution in [0.2, 0.25) is 18.6 Å². The van der Waals surface area contributed by atoms with Gasteiger partial charge in [-0.25, -0.2) is 0 Å². The number of amides is 2. The zero-order valence-corrected chi connectivity index (χ0v) is 30.9. The number of carbonyl (C=O) groups is 2. The molecule has 0 radical (unpaired) electrons. The van der Waals surface area contributed by atoms with Crippen molar-refractivity contribution in [3.8, 4) is 0 Å². The Balaban J connectivity index is 1.13. The van der Waals surface area contributed by atoms with Crippen LogP contribution in [0.4, 0.5) is 11.4 Å². The summed E-state index contributed by atoms with van der Waals surface area (Å²) in [7, 11) is -2.84. The van der Waals surface area contributed by atoms with Gasteiger partial charge in [-0.2, -0.15) is 0 Å². The maximum absolute atomic E-state index is 14.8. The van der Waals surface area contributed by atoms with Crippen LogP contribution in [0.3, 0.4) is 0 Å². The average molecular weight is 758 g/mol. The van der Waals surface area contributed by atoms with Gasteiger partial charge in [-0.05, 0) is 67.0 Å². The first-order valence-electron chi connectivity index (χ1n) is 16.9. The molecule has 1 spiro atoms. The molecule has 0 saturated carbocycles. The molecule has 0 unspecified atom stereocenters. The summed E-state index contributed by atoms with van der Waals surface area (Å²) in [5, 5.41) is 21.7. The first-order valence-corrected chi connectivity index (χ1v) is 20.8. The van der Waals surface area contributed by atoms with E-state index in [2.05, 4.69) is 36.5 Å². The van der Waals surface area contributed by atoms with E-state index < -0.39 is 20.0 Å². The van der Waals surface area contributed by atoms with Gasteiger partial charge in [-0.15, -0.1) is 5.10 Å². The molecular weight excluding hydrogens is 716 g/mol. The highest BCUT2D eigenvalue weighted by atomic mass is 79.9. The van der Waals surface area contributed by atoms with Crippen LogP contribution in [0.25, 0.3) is 10.9 Å². The van der Waals surface area contributed by atoms with Crippen molar-refractivity contribution >= 4 is 58.3 Å². The first-order chi connectivity index (χ1) is 24.0. The van der Waals surface area contributed by atoms with E-state index in [1.807, 2.05) is 99.1 Å². The molecule has 5 aromatic rings. The van der Waals surface area contributed by atoms with Gasteiger partial charge in [0.1, 0.15) is 0 Å².